The van der Waals surface area contributed by atoms with Crippen LogP contribution in [0.4, 0.5) is 5.13 Å². The first kappa shape index (κ1) is 24.1. The van der Waals surface area contributed by atoms with Crippen molar-refractivity contribution in [3.63, 3.8) is 0 Å². The van der Waals surface area contributed by atoms with Crippen LogP contribution in [0.15, 0.2) is 46.7 Å². The van der Waals surface area contributed by atoms with Gasteiger partial charge in [-0.05, 0) is 29.8 Å². The van der Waals surface area contributed by atoms with Gasteiger partial charge < -0.3 is 14.4 Å². The zero-order valence-electron chi connectivity index (χ0n) is 18.1. The molecule has 33 heavy (non-hydrogen) atoms. The average Bonchev–Trinajstić information content (AvgIpc) is 3.29. The van der Waals surface area contributed by atoms with Gasteiger partial charge in [0, 0.05) is 44.0 Å². The van der Waals surface area contributed by atoms with Crippen molar-refractivity contribution in [2.45, 2.75) is 11.3 Å². The van der Waals surface area contributed by atoms with E-state index in [4.69, 9.17) is 37.7 Å². The smallest absolute Gasteiger partial charge is 0.246 e. The van der Waals surface area contributed by atoms with Crippen LogP contribution in [0.5, 0.6) is 11.5 Å². The van der Waals surface area contributed by atoms with Crippen LogP contribution < -0.4 is 14.4 Å². The quantitative estimate of drug-likeness (QED) is 0.448. The molecule has 1 aromatic heterocycles. The van der Waals surface area contributed by atoms with Crippen molar-refractivity contribution in [1.29, 1.82) is 0 Å². The molecule has 1 aliphatic rings. The lowest BCUT2D eigenvalue weighted by Gasteiger charge is -2.34. The summed E-state index contributed by atoms with van der Waals surface area (Å²) in [6.07, 6.45) is 0.652. The van der Waals surface area contributed by atoms with Crippen molar-refractivity contribution in [3.05, 3.63) is 63.1 Å². The van der Waals surface area contributed by atoms with E-state index in [1.807, 2.05) is 17.5 Å². The normalized spacial score (nSPS) is 15.0. The lowest BCUT2D eigenvalue weighted by atomic mass is 10.1. The standard InChI is InChI=1S/C22H23Cl2N3O4S2/c1-30-17-4-6-21(20(13-17)31-2)33(28,29)27-9-7-26(8-10-27)22-25-16(14-32-22)11-15-3-5-18(23)19(24)12-15/h3-6,12-14H,7-11H2,1-2H3. The Balaban J connectivity index is 1.42. The number of sulfonamides is 1. The summed E-state index contributed by atoms with van der Waals surface area (Å²) < 4.78 is 38.4. The Morgan fingerprint density at radius 2 is 1.76 bits per heavy atom. The summed E-state index contributed by atoms with van der Waals surface area (Å²) in [4.78, 5) is 6.99. The zero-order chi connectivity index (χ0) is 23.6. The molecule has 0 bridgehead atoms. The summed E-state index contributed by atoms with van der Waals surface area (Å²) in [7, 11) is -0.720. The van der Waals surface area contributed by atoms with Gasteiger partial charge in [0.15, 0.2) is 5.13 Å². The van der Waals surface area contributed by atoms with E-state index in [1.54, 1.807) is 29.5 Å². The first-order valence-electron chi connectivity index (χ1n) is 10.2. The Hall–Kier alpha value is -2.04. The SMILES string of the molecule is COc1ccc(S(=O)(=O)N2CCN(c3nc(Cc4ccc(Cl)c(Cl)c4)cs3)CC2)c(OC)c1. The molecule has 0 unspecified atom stereocenters. The van der Waals surface area contributed by atoms with Gasteiger partial charge in [-0.3, -0.25) is 0 Å². The van der Waals surface area contributed by atoms with Crippen molar-refractivity contribution in [2.75, 3.05) is 45.3 Å². The molecule has 0 spiro atoms. The van der Waals surface area contributed by atoms with Crippen LogP contribution in [0.25, 0.3) is 0 Å². The summed E-state index contributed by atoms with van der Waals surface area (Å²) in [5, 5.41) is 3.95. The Morgan fingerprint density at radius 1 is 1.00 bits per heavy atom. The van der Waals surface area contributed by atoms with Gasteiger partial charge in [0.25, 0.3) is 0 Å². The van der Waals surface area contributed by atoms with Gasteiger partial charge in [-0.15, -0.1) is 11.3 Å². The van der Waals surface area contributed by atoms with E-state index >= 15 is 0 Å². The third-order valence-electron chi connectivity index (χ3n) is 5.41. The highest BCUT2D eigenvalue weighted by Gasteiger charge is 2.31. The number of rotatable bonds is 7. The number of aromatic nitrogens is 1. The minimum Gasteiger partial charge on any atom is -0.497 e. The highest BCUT2D eigenvalue weighted by molar-refractivity contribution is 7.89. The molecule has 0 radical (unpaired) electrons. The van der Waals surface area contributed by atoms with Crippen LogP contribution in [-0.2, 0) is 16.4 Å². The second-order valence-electron chi connectivity index (χ2n) is 7.45. The summed E-state index contributed by atoms with van der Waals surface area (Å²) >= 11 is 13.7. The largest absolute Gasteiger partial charge is 0.497 e. The van der Waals surface area contributed by atoms with Crippen LogP contribution >= 0.6 is 34.5 Å². The van der Waals surface area contributed by atoms with Gasteiger partial charge in [0.2, 0.25) is 10.0 Å². The molecule has 1 fully saturated rings. The number of ether oxygens (including phenoxy) is 2. The van der Waals surface area contributed by atoms with E-state index in [9.17, 15) is 8.42 Å². The maximum Gasteiger partial charge on any atom is 0.246 e. The van der Waals surface area contributed by atoms with E-state index in [-0.39, 0.29) is 10.6 Å². The molecular formula is C22H23Cl2N3O4S2. The predicted molar refractivity (Wildman–Crippen MR) is 132 cm³/mol. The van der Waals surface area contributed by atoms with E-state index < -0.39 is 10.0 Å². The van der Waals surface area contributed by atoms with Gasteiger partial charge in [-0.25, -0.2) is 13.4 Å². The maximum atomic E-state index is 13.2. The first-order valence-corrected chi connectivity index (χ1v) is 13.2. The van der Waals surface area contributed by atoms with Crippen molar-refractivity contribution in [1.82, 2.24) is 9.29 Å². The number of anilines is 1. The monoisotopic (exact) mass is 527 g/mol. The maximum absolute atomic E-state index is 13.2. The molecule has 1 aliphatic heterocycles. The van der Waals surface area contributed by atoms with Crippen LogP contribution in [0.2, 0.25) is 10.0 Å². The summed E-state index contributed by atoms with van der Waals surface area (Å²) in [5.74, 6) is 0.805. The number of methoxy groups -OCH3 is 2. The number of nitrogens with zero attached hydrogens (tertiary/aromatic N) is 3. The number of hydrogen-bond donors (Lipinski definition) is 0. The van der Waals surface area contributed by atoms with E-state index in [1.165, 1.54) is 24.6 Å². The number of halogens is 2. The lowest BCUT2D eigenvalue weighted by Crippen LogP contribution is -2.48. The summed E-state index contributed by atoms with van der Waals surface area (Å²) in [6, 6.07) is 10.3. The number of thiazole rings is 1. The zero-order valence-corrected chi connectivity index (χ0v) is 21.3. The average molecular weight is 528 g/mol. The number of benzene rings is 2. The molecule has 0 N–H and O–H groups in total. The molecule has 2 heterocycles. The topological polar surface area (TPSA) is 72.0 Å². The molecule has 11 heteroatoms. The van der Waals surface area contributed by atoms with Gasteiger partial charge in [-0.1, -0.05) is 29.3 Å². The van der Waals surface area contributed by atoms with Crippen molar-refractivity contribution in [2.24, 2.45) is 0 Å². The fourth-order valence-corrected chi connectivity index (χ4v) is 6.39. The van der Waals surface area contributed by atoms with Crippen molar-refractivity contribution in [3.8, 4) is 11.5 Å². The van der Waals surface area contributed by atoms with E-state index in [0.29, 0.717) is 48.4 Å². The molecule has 176 valence electrons. The predicted octanol–water partition coefficient (Wildman–Crippen LogP) is 4.57. The van der Waals surface area contributed by atoms with Crippen LogP contribution in [0, 0.1) is 0 Å². The molecule has 0 aliphatic carbocycles. The number of hydrogen-bond acceptors (Lipinski definition) is 7. The molecule has 0 saturated carbocycles. The molecule has 0 atom stereocenters. The highest BCUT2D eigenvalue weighted by Crippen LogP contribution is 2.32. The second-order valence-corrected chi connectivity index (χ2v) is 11.0. The first-order chi connectivity index (χ1) is 15.8. The Kier molecular flexibility index (Phi) is 7.35. The fraction of sp³-hybridized carbons (Fsp3) is 0.318. The van der Waals surface area contributed by atoms with E-state index in [2.05, 4.69) is 4.90 Å². The molecule has 2 aromatic carbocycles. The fourth-order valence-electron chi connectivity index (χ4n) is 3.63. The van der Waals surface area contributed by atoms with Gasteiger partial charge >= 0.3 is 0 Å². The minimum atomic E-state index is -3.69. The molecule has 7 nitrogen and oxygen atoms in total. The Labute approximate surface area is 207 Å². The Morgan fingerprint density at radius 3 is 2.42 bits per heavy atom. The molecule has 3 aromatic rings. The Bertz CT molecular complexity index is 1240. The molecule has 4 rings (SSSR count). The lowest BCUT2D eigenvalue weighted by molar-refractivity contribution is 0.370. The van der Waals surface area contributed by atoms with Gasteiger partial charge in [0.1, 0.15) is 16.4 Å². The summed E-state index contributed by atoms with van der Waals surface area (Å²) in [6.45, 7) is 1.83. The van der Waals surface area contributed by atoms with Crippen LogP contribution in [0.3, 0.4) is 0 Å². The third-order valence-corrected chi connectivity index (χ3v) is 9.03. The molecule has 1 saturated heterocycles. The van der Waals surface area contributed by atoms with Crippen molar-refractivity contribution < 1.29 is 17.9 Å². The van der Waals surface area contributed by atoms with Crippen molar-refractivity contribution >= 4 is 49.7 Å². The molecule has 0 amide bonds. The van der Waals surface area contributed by atoms with Crippen LogP contribution in [0.1, 0.15) is 11.3 Å². The van der Waals surface area contributed by atoms with Gasteiger partial charge in [0.05, 0.1) is 30.0 Å². The third kappa shape index (κ3) is 5.22. The van der Waals surface area contributed by atoms with E-state index in [0.717, 1.165) is 16.4 Å². The van der Waals surface area contributed by atoms with Gasteiger partial charge in [-0.2, -0.15) is 4.31 Å². The second kappa shape index (κ2) is 10.1. The highest BCUT2D eigenvalue weighted by atomic mass is 35.5. The summed E-state index contributed by atoms with van der Waals surface area (Å²) in [5.41, 5.74) is 1.97. The van der Waals surface area contributed by atoms with Crippen LogP contribution in [-0.4, -0.2) is 58.1 Å². The molecular weight excluding hydrogens is 505 g/mol. The number of piperazine rings is 1. The minimum absolute atomic E-state index is 0.136.